The van der Waals surface area contributed by atoms with Crippen LogP contribution in [0.15, 0.2) is 29.3 Å². The number of halogens is 1. The molecular weight excluding hydrogens is 364 g/mol. The Kier molecular flexibility index (Phi) is 7.78. The van der Waals surface area contributed by atoms with Crippen LogP contribution >= 0.6 is 11.6 Å². The SMILES string of the molecule is CN=C(NCc1cccc(Cl)c1)NCC1CCCN(C(=O)OC(C)(C)C)C1. The summed E-state index contributed by atoms with van der Waals surface area (Å²) in [6, 6.07) is 7.74. The lowest BCUT2D eigenvalue weighted by molar-refractivity contribution is 0.0168. The summed E-state index contributed by atoms with van der Waals surface area (Å²) in [5.41, 5.74) is 0.633. The van der Waals surface area contributed by atoms with E-state index >= 15 is 0 Å². The molecule has 1 saturated heterocycles. The molecule has 0 aliphatic carbocycles. The zero-order valence-electron chi connectivity index (χ0n) is 16.7. The number of rotatable bonds is 4. The number of benzene rings is 1. The lowest BCUT2D eigenvalue weighted by Crippen LogP contribution is -2.47. The van der Waals surface area contributed by atoms with Gasteiger partial charge >= 0.3 is 6.09 Å². The topological polar surface area (TPSA) is 66.0 Å². The molecule has 0 bridgehead atoms. The minimum absolute atomic E-state index is 0.226. The highest BCUT2D eigenvalue weighted by Gasteiger charge is 2.27. The first kappa shape index (κ1) is 21.4. The highest BCUT2D eigenvalue weighted by atomic mass is 35.5. The third-order valence-corrected chi connectivity index (χ3v) is 4.54. The van der Waals surface area contributed by atoms with Crippen molar-refractivity contribution in [1.82, 2.24) is 15.5 Å². The van der Waals surface area contributed by atoms with E-state index in [9.17, 15) is 4.79 Å². The molecule has 1 amide bonds. The Morgan fingerprint density at radius 1 is 1.37 bits per heavy atom. The van der Waals surface area contributed by atoms with Crippen molar-refractivity contribution in [3.63, 3.8) is 0 Å². The van der Waals surface area contributed by atoms with Crippen molar-refractivity contribution < 1.29 is 9.53 Å². The lowest BCUT2D eigenvalue weighted by Gasteiger charge is -2.34. The molecule has 7 heteroatoms. The van der Waals surface area contributed by atoms with Gasteiger partial charge in [0.15, 0.2) is 5.96 Å². The molecule has 1 fully saturated rings. The molecule has 1 aliphatic heterocycles. The van der Waals surface area contributed by atoms with Crippen LogP contribution in [0.3, 0.4) is 0 Å². The maximum atomic E-state index is 12.3. The van der Waals surface area contributed by atoms with E-state index in [4.69, 9.17) is 16.3 Å². The van der Waals surface area contributed by atoms with E-state index in [0.29, 0.717) is 19.0 Å². The number of ether oxygens (including phenoxy) is 1. The van der Waals surface area contributed by atoms with Crippen molar-refractivity contribution in [1.29, 1.82) is 0 Å². The maximum Gasteiger partial charge on any atom is 0.410 e. The predicted molar refractivity (Wildman–Crippen MR) is 110 cm³/mol. The van der Waals surface area contributed by atoms with E-state index in [1.807, 2.05) is 49.9 Å². The highest BCUT2D eigenvalue weighted by Crippen LogP contribution is 2.19. The Morgan fingerprint density at radius 3 is 2.81 bits per heavy atom. The van der Waals surface area contributed by atoms with Crippen LogP contribution < -0.4 is 10.6 Å². The number of carbonyl (C=O) groups is 1. The molecule has 150 valence electrons. The molecule has 27 heavy (non-hydrogen) atoms. The van der Waals surface area contributed by atoms with E-state index in [2.05, 4.69) is 15.6 Å². The van der Waals surface area contributed by atoms with Gasteiger partial charge in [-0.3, -0.25) is 4.99 Å². The fraction of sp³-hybridized carbons (Fsp3) is 0.600. The number of aliphatic imine (C=N–C) groups is 1. The Balaban J connectivity index is 1.79. The van der Waals surface area contributed by atoms with E-state index in [0.717, 1.165) is 42.5 Å². The lowest BCUT2D eigenvalue weighted by atomic mass is 9.98. The summed E-state index contributed by atoms with van der Waals surface area (Å²) in [5.74, 6) is 1.11. The molecular formula is C20H31ClN4O2. The quantitative estimate of drug-likeness (QED) is 0.604. The van der Waals surface area contributed by atoms with Crippen molar-refractivity contribution in [3.05, 3.63) is 34.9 Å². The molecule has 1 aromatic carbocycles. The van der Waals surface area contributed by atoms with Crippen LogP contribution in [0.2, 0.25) is 5.02 Å². The van der Waals surface area contributed by atoms with Crippen molar-refractivity contribution in [2.45, 2.75) is 45.8 Å². The number of piperidine rings is 1. The maximum absolute atomic E-state index is 12.3. The van der Waals surface area contributed by atoms with Crippen LogP contribution in [0, 0.1) is 5.92 Å². The highest BCUT2D eigenvalue weighted by molar-refractivity contribution is 6.30. The molecule has 2 N–H and O–H groups in total. The number of guanidine groups is 1. The largest absolute Gasteiger partial charge is 0.444 e. The number of carbonyl (C=O) groups excluding carboxylic acids is 1. The van der Waals surface area contributed by atoms with Crippen LogP contribution in [0.1, 0.15) is 39.2 Å². The fourth-order valence-electron chi connectivity index (χ4n) is 3.02. The number of likely N-dealkylation sites (tertiary alicyclic amines) is 1. The molecule has 1 aromatic rings. The van der Waals surface area contributed by atoms with E-state index in [-0.39, 0.29) is 6.09 Å². The Bertz CT molecular complexity index is 658. The van der Waals surface area contributed by atoms with E-state index < -0.39 is 5.60 Å². The fourth-order valence-corrected chi connectivity index (χ4v) is 3.23. The summed E-state index contributed by atoms with van der Waals surface area (Å²) in [7, 11) is 1.75. The minimum atomic E-state index is -0.464. The summed E-state index contributed by atoms with van der Waals surface area (Å²) in [5, 5.41) is 7.38. The smallest absolute Gasteiger partial charge is 0.410 e. The summed E-state index contributed by atoms with van der Waals surface area (Å²) >= 11 is 6.02. The normalized spacial score (nSPS) is 18.2. The van der Waals surface area contributed by atoms with Crippen LogP contribution in [-0.2, 0) is 11.3 Å². The van der Waals surface area contributed by atoms with Gasteiger partial charge in [-0.2, -0.15) is 0 Å². The van der Waals surface area contributed by atoms with Gasteiger partial charge in [-0.1, -0.05) is 23.7 Å². The average Bonchev–Trinajstić information content (AvgIpc) is 2.61. The van der Waals surface area contributed by atoms with E-state index in [1.165, 1.54) is 0 Å². The van der Waals surface area contributed by atoms with Crippen LogP contribution in [0.5, 0.6) is 0 Å². The zero-order chi connectivity index (χ0) is 19.9. The van der Waals surface area contributed by atoms with Gasteiger partial charge in [0.25, 0.3) is 0 Å². The molecule has 0 aromatic heterocycles. The predicted octanol–water partition coefficient (Wildman–Crippen LogP) is 3.65. The van der Waals surface area contributed by atoms with Gasteiger partial charge in [0.2, 0.25) is 0 Å². The van der Waals surface area contributed by atoms with Crippen LogP contribution in [0.4, 0.5) is 4.79 Å². The molecule has 0 spiro atoms. The summed E-state index contributed by atoms with van der Waals surface area (Å²) in [6.07, 6.45) is 1.84. The molecule has 0 radical (unpaired) electrons. The second-order valence-electron chi connectivity index (χ2n) is 7.87. The van der Waals surface area contributed by atoms with Crippen molar-refractivity contribution >= 4 is 23.7 Å². The third-order valence-electron chi connectivity index (χ3n) is 4.30. The van der Waals surface area contributed by atoms with Gasteiger partial charge in [0.1, 0.15) is 5.60 Å². The van der Waals surface area contributed by atoms with Crippen molar-refractivity contribution in [2.75, 3.05) is 26.7 Å². The number of amides is 1. The van der Waals surface area contributed by atoms with Gasteiger partial charge < -0.3 is 20.3 Å². The van der Waals surface area contributed by atoms with Gasteiger partial charge in [0.05, 0.1) is 0 Å². The monoisotopic (exact) mass is 394 g/mol. The van der Waals surface area contributed by atoms with Gasteiger partial charge in [-0.25, -0.2) is 4.79 Å². The van der Waals surface area contributed by atoms with Gasteiger partial charge in [-0.05, 0) is 57.2 Å². The Labute approximate surface area is 167 Å². The second-order valence-corrected chi connectivity index (χ2v) is 8.31. The van der Waals surface area contributed by atoms with E-state index in [1.54, 1.807) is 7.05 Å². The van der Waals surface area contributed by atoms with Crippen molar-refractivity contribution in [3.8, 4) is 0 Å². The molecule has 0 saturated carbocycles. The Morgan fingerprint density at radius 2 is 2.15 bits per heavy atom. The molecule has 1 heterocycles. The number of nitrogens with one attached hydrogen (secondary N) is 2. The van der Waals surface area contributed by atoms with Gasteiger partial charge in [-0.15, -0.1) is 0 Å². The molecule has 1 aliphatic rings. The molecule has 1 unspecified atom stereocenters. The first-order valence-corrected chi connectivity index (χ1v) is 9.81. The number of nitrogens with zero attached hydrogens (tertiary/aromatic N) is 2. The third kappa shape index (κ3) is 7.67. The number of hydrogen-bond donors (Lipinski definition) is 2. The second kappa shape index (κ2) is 9.83. The molecule has 6 nitrogen and oxygen atoms in total. The summed E-state index contributed by atoms with van der Waals surface area (Å²) < 4.78 is 5.49. The number of hydrogen-bond acceptors (Lipinski definition) is 3. The zero-order valence-corrected chi connectivity index (χ0v) is 17.5. The van der Waals surface area contributed by atoms with Crippen LogP contribution in [-0.4, -0.2) is 49.2 Å². The summed E-state index contributed by atoms with van der Waals surface area (Å²) in [6.45, 7) is 8.54. The average molecular weight is 395 g/mol. The van der Waals surface area contributed by atoms with Crippen molar-refractivity contribution in [2.24, 2.45) is 10.9 Å². The first-order chi connectivity index (χ1) is 12.8. The van der Waals surface area contributed by atoms with Gasteiger partial charge in [0, 0.05) is 38.2 Å². The summed E-state index contributed by atoms with van der Waals surface area (Å²) in [4.78, 5) is 18.4. The molecule has 2 rings (SSSR count). The van der Waals surface area contributed by atoms with Crippen LogP contribution in [0.25, 0.3) is 0 Å². The standard InChI is InChI=1S/C20H31ClN4O2/c1-20(2,3)27-19(26)25-10-6-8-16(14-25)13-24-18(22-4)23-12-15-7-5-9-17(21)11-15/h5,7,9,11,16H,6,8,10,12-14H2,1-4H3,(H2,22,23,24). The first-order valence-electron chi connectivity index (χ1n) is 9.44. The molecule has 1 atom stereocenters. The minimum Gasteiger partial charge on any atom is -0.444 e. The Hall–Kier alpha value is -1.95.